The second-order valence-corrected chi connectivity index (χ2v) is 5.87. The smallest absolute Gasteiger partial charge is 0.0715 e. The van der Waals surface area contributed by atoms with E-state index in [4.69, 9.17) is 4.74 Å². The molecule has 0 saturated carbocycles. The van der Waals surface area contributed by atoms with E-state index < -0.39 is 0 Å². The van der Waals surface area contributed by atoms with E-state index >= 15 is 0 Å². The third-order valence-corrected chi connectivity index (χ3v) is 3.36. The van der Waals surface area contributed by atoms with E-state index in [0.717, 1.165) is 26.2 Å². The van der Waals surface area contributed by atoms with Gasteiger partial charge in [0, 0.05) is 19.7 Å². The molecule has 1 aliphatic heterocycles. The average molecular weight is 229 g/mol. The molecule has 0 bridgehead atoms. The molecule has 16 heavy (non-hydrogen) atoms. The van der Waals surface area contributed by atoms with Crippen molar-refractivity contribution in [2.75, 3.05) is 26.2 Å². The molecule has 2 atom stereocenters. The molecule has 1 heterocycles. The van der Waals surface area contributed by atoms with Crippen molar-refractivity contribution < 1.29 is 9.84 Å². The number of nitrogens with zero attached hydrogens (tertiary/aromatic N) is 1. The van der Waals surface area contributed by atoms with Gasteiger partial charge < -0.3 is 9.84 Å². The summed E-state index contributed by atoms with van der Waals surface area (Å²) in [5.41, 5.74) is -0.0377. The Labute approximate surface area is 99.8 Å². The Bertz CT molecular complexity index is 195. The average Bonchev–Trinajstić information content (AvgIpc) is 2.67. The zero-order valence-electron chi connectivity index (χ0n) is 11.2. The van der Waals surface area contributed by atoms with Gasteiger partial charge in [0.25, 0.3) is 0 Å². The maximum Gasteiger partial charge on any atom is 0.0715 e. The van der Waals surface area contributed by atoms with Gasteiger partial charge in [-0.3, -0.25) is 4.90 Å². The maximum atomic E-state index is 10.1. The third kappa shape index (κ3) is 4.40. The minimum Gasteiger partial charge on any atom is -0.391 e. The van der Waals surface area contributed by atoms with Gasteiger partial charge in [0.1, 0.15) is 0 Å². The Morgan fingerprint density at radius 2 is 2.12 bits per heavy atom. The van der Waals surface area contributed by atoms with Crippen LogP contribution in [0.15, 0.2) is 0 Å². The van der Waals surface area contributed by atoms with Crippen molar-refractivity contribution in [2.45, 2.75) is 52.7 Å². The molecule has 1 rings (SSSR count). The number of rotatable bonds is 5. The van der Waals surface area contributed by atoms with Crippen molar-refractivity contribution in [3.05, 3.63) is 0 Å². The summed E-state index contributed by atoms with van der Waals surface area (Å²) in [4.78, 5) is 2.30. The lowest BCUT2D eigenvalue weighted by Gasteiger charge is -2.32. The Morgan fingerprint density at radius 1 is 1.44 bits per heavy atom. The summed E-state index contributed by atoms with van der Waals surface area (Å²) in [6.07, 6.45) is 2.47. The lowest BCUT2D eigenvalue weighted by molar-refractivity contribution is 0.0104. The molecule has 1 N–H and O–H groups in total. The van der Waals surface area contributed by atoms with E-state index in [1.54, 1.807) is 0 Å². The second-order valence-electron chi connectivity index (χ2n) is 5.87. The van der Waals surface area contributed by atoms with E-state index in [9.17, 15) is 5.11 Å². The highest BCUT2D eigenvalue weighted by atomic mass is 16.5. The highest BCUT2D eigenvalue weighted by Gasteiger charge is 2.26. The van der Waals surface area contributed by atoms with Gasteiger partial charge in [0.2, 0.25) is 0 Å². The fourth-order valence-corrected chi connectivity index (χ4v) is 1.93. The van der Waals surface area contributed by atoms with Gasteiger partial charge in [0.15, 0.2) is 0 Å². The van der Waals surface area contributed by atoms with Gasteiger partial charge in [-0.15, -0.1) is 0 Å². The molecule has 1 fully saturated rings. The zero-order valence-corrected chi connectivity index (χ0v) is 11.2. The molecule has 0 aromatic rings. The molecule has 2 unspecified atom stereocenters. The van der Waals surface area contributed by atoms with E-state index in [1.807, 2.05) is 0 Å². The molecule has 96 valence electrons. The summed E-state index contributed by atoms with van der Waals surface area (Å²) in [5, 5.41) is 10.1. The Morgan fingerprint density at radius 3 is 2.56 bits per heavy atom. The lowest BCUT2D eigenvalue weighted by Crippen LogP contribution is -2.42. The molecule has 0 aromatic carbocycles. The van der Waals surface area contributed by atoms with Crippen molar-refractivity contribution >= 4 is 0 Å². The number of hydrogen-bond acceptors (Lipinski definition) is 3. The third-order valence-electron chi connectivity index (χ3n) is 3.36. The predicted octanol–water partition coefficient (Wildman–Crippen LogP) is 1.89. The Hall–Kier alpha value is -0.120. The largest absolute Gasteiger partial charge is 0.391 e. The van der Waals surface area contributed by atoms with Crippen molar-refractivity contribution in [1.82, 2.24) is 4.90 Å². The van der Waals surface area contributed by atoms with E-state index in [2.05, 4.69) is 32.6 Å². The van der Waals surface area contributed by atoms with Gasteiger partial charge in [-0.25, -0.2) is 0 Å². The minimum atomic E-state index is -0.270. The first-order chi connectivity index (χ1) is 7.43. The first-order valence-electron chi connectivity index (χ1n) is 6.45. The normalized spacial score (nSPS) is 24.0. The zero-order chi connectivity index (χ0) is 12.2. The fraction of sp³-hybridized carbons (Fsp3) is 1.00. The summed E-state index contributed by atoms with van der Waals surface area (Å²) in [5.74, 6) is 0. The van der Waals surface area contributed by atoms with Crippen LogP contribution in [0.2, 0.25) is 0 Å². The first kappa shape index (κ1) is 13.9. The van der Waals surface area contributed by atoms with Crippen LogP contribution in [0.1, 0.15) is 40.5 Å². The summed E-state index contributed by atoms with van der Waals surface area (Å²) in [6, 6.07) is 0. The molecule has 0 radical (unpaired) electrons. The van der Waals surface area contributed by atoms with Gasteiger partial charge >= 0.3 is 0 Å². The van der Waals surface area contributed by atoms with Crippen LogP contribution in [0, 0.1) is 5.41 Å². The van der Waals surface area contributed by atoms with Crippen LogP contribution in [-0.2, 0) is 4.74 Å². The quantitative estimate of drug-likeness (QED) is 0.781. The molecular formula is C13H27NO2. The number of ether oxygens (including phenoxy) is 1. The van der Waals surface area contributed by atoms with Crippen molar-refractivity contribution in [2.24, 2.45) is 5.41 Å². The summed E-state index contributed by atoms with van der Waals surface area (Å²) in [7, 11) is 0. The molecule has 3 heteroatoms. The van der Waals surface area contributed by atoms with Crippen molar-refractivity contribution in [1.29, 1.82) is 0 Å². The molecular weight excluding hydrogens is 202 g/mol. The van der Waals surface area contributed by atoms with Crippen LogP contribution in [0.4, 0.5) is 0 Å². The first-order valence-corrected chi connectivity index (χ1v) is 6.45. The topological polar surface area (TPSA) is 32.7 Å². The molecule has 0 spiro atoms. The van der Waals surface area contributed by atoms with E-state index in [-0.39, 0.29) is 11.5 Å². The highest BCUT2D eigenvalue weighted by molar-refractivity contribution is 4.78. The molecule has 1 saturated heterocycles. The van der Waals surface area contributed by atoms with Crippen molar-refractivity contribution in [3.63, 3.8) is 0 Å². The summed E-state index contributed by atoms with van der Waals surface area (Å²) in [6.45, 7) is 12.0. The molecule has 0 aliphatic carbocycles. The highest BCUT2D eigenvalue weighted by Crippen LogP contribution is 2.21. The summed E-state index contributed by atoms with van der Waals surface area (Å²) < 4.78 is 5.63. The number of aliphatic hydroxyl groups is 1. The van der Waals surface area contributed by atoms with Crippen LogP contribution in [0.5, 0.6) is 0 Å². The molecule has 1 aliphatic rings. The van der Waals surface area contributed by atoms with Crippen molar-refractivity contribution in [3.8, 4) is 0 Å². The SMILES string of the molecule is CCN(CC1CCCO1)CC(O)C(C)(C)C. The van der Waals surface area contributed by atoms with Crippen LogP contribution in [0.25, 0.3) is 0 Å². The molecule has 3 nitrogen and oxygen atoms in total. The van der Waals surface area contributed by atoms with Crippen LogP contribution in [-0.4, -0.2) is 48.5 Å². The summed E-state index contributed by atoms with van der Waals surface area (Å²) >= 11 is 0. The van der Waals surface area contributed by atoms with E-state index in [0.29, 0.717) is 6.10 Å². The number of hydrogen-bond donors (Lipinski definition) is 1. The molecule has 0 amide bonds. The second kappa shape index (κ2) is 5.99. The number of likely N-dealkylation sites (N-methyl/N-ethyl adjacent to an activating group) is 1. The monoisotopic (exact) mass is 229 g/mol. The standard InChI is InChI=1S/C13H27NO2/c1-5-14(9-11-7-6-8-16-11)10-12(15)13(2,3)4/h11-12,15H,5-10H2,1-4H3. The van der Waals surface area contributed by atoms with Crippen LogP contribution in [0.3, 0.4) is 0 Å². The Balaban J connectivity index is 2.36. The van der Waals surface area contributed by atoms with E-state index in [1.165, 1.54) is 12.8 Å². The van der Waals surface area contributed by atoms with Gasteiger partial charge in [-0.2, -0.15) is 0 Å². The van der Waals surface area contributed by atoms with Gasteiger partial charge in [0.05, 0.1) is 12.2 Å². The van der Waals surface area contributed by atoms with Crippen LogP contribution < -0.4 is 0 Å². The predicted molar refractivity (Wildman–Crippen MR) is 66.5 cm³/mol. The molecule has 0 aromatic heterocycles. The van der Waals surface area contributed by atoms with Gasteiger partial charge in [-0.05, 0) is 24.8 Å². The number of aliphatic hydroxyl groups excluding tert-OH is 1. The Kier molecular flexibility index (Phi) is 5.22. The maximum absolute atomic E-state index is 10.1. The van der Waals surface area contributed by atoms with Crippen LogP contribution >= 0.6 is 0 Å². The fourth-order valence-electron chi connectivity index (χ4n) is 1.93. The van der Waals surface area contributed by atoms with Gasteiger partial charge in [-0.1, -0.05) is 27.7 Å². The lowest BCUT2D eigenvalue weighted by atomic mass is 9.89. The minimum absolute atomic E-state index is 0.0377.